The van der Waals surface area contributed by atoms with Gasteiger partial charge in [0.05, 0.1) is 13.3 Å². The summed E-state index contributed by atoms with van der Waals surface area (Å²) >= 11 is 3.42. The maximum absolute atomic E-state index is 12.8. The highest BCUT2D eigenvalue weighted by atomic mass is 79.9. The second-order valence-corrected chi connectivity index (χ2v) is 9.74. The van der Waals surface area contributed by atoms with Gasteiger partial charge < -0.3 is 24.3 Å². The molecule has 198 valence electrons. The molecule has 1 atom stereocenters. The van der Waals surface area contributed by atoms with E-state index in [0.29, 0.717) is 40.7 Å². The van der Waals surface area contributed by atoms with Crippen molar-refractivity contribution in [1.82, 2.24) is 10.7 Å². The Morgan fingerprint density at radius 1 is 1.03 bits per heavy atom. The van der Waals surface area contributed by atoms with E-state index in [2.05, 4.69) is 31.8 Å². The average Bonchev–Trinajstić information content (AvgIpc) is 3.39. The van der Waals surface area contributed by atoms with Crippen molar-refractivity contribution in [2.24, 2.45) is 11.0 Å². The first-order valence-electron chi connectivity index (χ1n) is 11.9. The highest BCUT2D eigenvalue weighted by molar-refractivity contribution is 9.10. The summed E-state index contributed by atoms with van der Waals surface area (Å²) in [5.74, 6) is 1.18. The lowest BCUT2D eigenvalue weighted by molar-refractivity contribution is -0.123. The molecular formula is C28H28BrN3O6. The zero-order chi connectivity index (χ0) is 27.1. The number of hydrogen-bond acceptors (Lipinski definition) is 7. The van der Waals surface area contributed by atoms with Gasteiger partial charge in [-0.1, -0.05) is 41.9 Å². The average molecular weight is 582 g/mol. The van der Waals surface area contributed by atoms with Crippen LogP contribution in [0.15, 0.2) is 70.2 Å². The van der Waals surface area contributed by atoms with Crippen LogP contribution in [0.2, 0.25) is 0 Å². The first kappa shape index (κ1) is 27.0. The summed E-state index contributed by atoms with van der Waals surface area (Å²) in [5, 5.41) is 6.83. The predicted molar refractivity (Wildman–Crippen MR) is 146 cm³/mol. The second-order valence-electron chi connectivity index (χ2n) is 8.82. The Morgan fingerprint density at radius 3 is 2.53 bits per heavy atom. The standard InChI is InChI=1S/C28H28BrN3O6/c1-17(2)26(31-27(33)20-7-11-23-25(13-20)38-16-37-23)28(34)32-30-14-19-6-10-22(24(12-19)35-3)36-15-18-4-8-21(29)9-5-18/h4-14,17,26H,15-16H2,1-3H3,(H,31,33)(H,32,34)/b30-14+. The van der Waals surface area contributed by atoms with Gasteiger partial charge in [0, 0.05) is 10.0 Å². The topological polar surface area (TPSA) is 107 Å². The van der Waals surface area contributed by atoms with Crippen molar-refractivity contribution in [3.8, 4) is 23.0 Å². The predicted octanol–water partition coefficient (Wildman–Crippen LogP) is 4.67. The number of carbonyl (C=O) groups excluding carboxylic acids is 2. The first-order valence-corrected chi connectivity index (χ1v) is 12.7. The Kier molecular flexibility index (Phi) is 8.85. The summed E-state index contributed by atoms with van der Waals surface area (Å²) in [5.41, 5.74) is 4.60. The van der Waals surface area contributed by atoms with E-state index < -0.39 is 17.9 Å². The molecule has 2 amide bonds. The van der Waals surface area contributed by atoms with Crippen LogP contribution in [0.5, 0.6) is 23.0 Å². The fourth-order valence-corrected chi connectivity index (χ4v) is 3.93. The van der Waals surface area contributed by atoms with Gasteiger partial charge in [0.1, 0.15) is 12.6 Å². The van der Waals surface area contributed by atoms with Gasteiger partial charge in [0.2, 0.25) is 6.79 Å². The Balaban J connectivity index is 1.35. The van der Waals surface area contributed by atoms with Crippen molar-refractivity contribution in [1.29, 1.82) is 0 Å². The molecule has 9 nitrogen and oxygen atoms in total. The van der Waals surface area contributed by atoms with E-state index in [1.54, 1.807) is 43.5 Å². The third-order valence-electron chi connectivity index (χ3n) is 5.75. The van der Waals surface area contributed by atoms with Crippen molar-refractivity contribution in [2.75, 3.05) is 13.9 Å². The molecule has 3 aromatic carbocycles. The molecule has 0 radical (unpaired) electrons. The van der Waals surface area contributed by atoms with Crippen molar-refractivity contribution >= 4 is 34.0 Å². The van der Waals surface area contributed by atoms with Crippen molar-refractivity contribution < 1.29 is 28.5 Å². The first-order chi connectivity index (χ1) is 18.3. The quantitative estimate of drug-likeness (QED) is 0.266. The zero-order valence-electron chi connectivity index (χ0n) is 21.2. The molecule has 0 bridgehead atoms. The number of methoxy groups -OCH3 is 1. The van der Waals surface area contributed by atoms with E-state index >= 15 is 0 Å². The fraction of sp³-hybridized carbons (Fsp3) is 0.250. The molecule has 0 aliphatic carbocycles. The molecule has 0 saturated carbocycles. The molecular weight excluding hydrogens is 554 g/mol. The third kappa shape index (κ3) is 6.83. The van der Waals surface area contributed by atoms with E-state index in [1.165, 1.54) is 6.21 Å². The van der Waals surface area contributed by atoms with E-state index in [4.69, 9.17) is 18.9 Å². The number of hydrogen-bond donors (Lipinski definition) is 2. The van der Waals surface area contributed by atoms with Crippen molar-refractivity contribution in [2.45, 2.75) is 26.5 Å². The van der Waals surface area contributed by atoms with E-state index in [1.807, 2.05) is 38.1 Å². The minimum atomic E-state index is -0.797. The fourth-order valence-electron chi connectivity index (χ4n) is 3.66. The molecule has 1 heterocycles. The number of nitrogens with one attached hydrogen (secondary N) is 2. The maximum atomic E-state index is 12.8. The number of ether oxygens (including phenoxy) is 4. The SMILES string of the molecule is COc1cc(/C=N/NC(=O)C(NC(=O)c2ccc3c(c2)OCO3)C(C)C)ccc1OCc1ccc(Br)cc1. The van der Waals surface area contributed by atoms with Gasteiger partial charge in [0.15, 0.2) is 23.0 Å². The Bertz CT molecular complexity index is 1330. The van der Waals surface area contributed by atoms with Gasteiger partial charge in [-0.25, -0.2) is 5.43 Å². The van der Waals surface area contributed by atoms with Crippen LogP contribution in [0.3, 0.4) is 0 Å². The third-order valence-corrected chi connectivity index (χ3v) is 6.28. The number of fused-ring (bicyclic) bond motifs is 1. The lowest BCUT2D eigenvalue weighted by Gasteiger charge is -2.20. The highest BCUT2D eigenvalue weighted by Crippen LogP contribution is 2.32. The van der Waals surface area contributed by atoms with Gasteiger partial charge in [-0.2, -0.15) is 5.10 Å². The van der Waals surface area contributed by atoms with Gasteiger partial charge in [-0.3, -0.25) is 9.59 Å². The van der Waals surface area contributed by atoms with Crippen molar-refractivity contribution in [3.63, 3.8) is 0 Å². The Morgan fingerprint density at radius 2 is 1.79 bits per heavy atom. The molecule has 1 unspecified atom stereocenters. The summed E-state index contributed by atoms with van der Waals surface area (Å²) < 4.78 is 23.0. The van der Waals surface area contributed by atoms with Crippen LogP contribution >= 0.6 is 15.9 Å². The molecule has 1 aliphatic rings. The molecule has 0 spiro atoms. The van der Waals surface area contributed by atoms with Crippen LogP contribution in [0, 0.1) is 5.92 Å². The van der Waals surface area contributed by atoms with Crippen LogP contribution in [0.25, 0.3) is 0 Å². The number of rotatable bonds is 10. The van der Waals surface area contributed by atoms with Gasteiger partial charge in [-0.05, 0) is 65.6 Å². The monoisotopic (exact) mass is 581 g/mol. The van der Waals surface area contributed by atoms with Gasteiger partial charge in [-0.15, -0.1) is 0 Å². The zero-order valence-corrected chi connectivity index (χ0v) is 22.8. The summed E-state index contributed by atoms with van der Waals surface area (Å²) in [6.45, 7) is 4.18. The molecule has 0 aromatic heterocycles. The molecule has 38 heavy (non-hydrogen) atoms. The molecule has 10 heteroatoms. The number of amides is 2. The van der Waals surface area contributed by atoms with Gasteiger partial charge in [0.25, 0.3) is 11.8 Å². The summed E-state index contributed by atoms with van der Waals surface area (Å²) in [6, 6.07) is 17.3. The maximum Gasteiger partial charge on any atom is 0.262 e. The van der Waals surface area contributed by atoms with Gasteiger partial charge >= 0.3 is 0 Å². The summed E-state index contributed by atoms with van der Waals surface area (Å²) in [7, 11) is 1.56. The molecule has 0 fully saturated rings. The number of benzene rings is 3. The normalized spacial score (nSPS) is 12.9. The lowest BCUT2D eigenvalue weighted by atomic mass is 10.0. The van der Waals surface area contributed by atoms with Crippen molar-refractivity contribution in [3.05, 3.63) is 81.8 Å². The summed E-state index contributed by atoms with van der Waals surface area (Å²) in [4.78, 5) is 25.6. The van der Waals surface area contributed by atoms with Crippen LogP contribution in [0.1, 0.15) is 35.3 Å². The second kappa shape index (κ2) is 12.5. The number of hydrazone groups is 1. The minimum absolute atomic E-state index is 0.114. The number of nitrogens with zero attached hydrogens (tertiary/aromatic N) is 1. The number of halogens is 1. The Hall–Kier alpha value is -4.05. The van der Waals surface area contributed by atoms with Crippen LogP contribution in [-0.4, -0.2) is 38.0 Å². The molecule has 0 saturated heterocycles. The van der Waals surface area contributed by atoms with E-state index in [-0.39, 0.29) is 12.7 Å². The summed E-state index contributed by atoms with van der Waals surface area (Å²) in [6.07, 6.45) is 1.50. The smallest absolute Gasteiger partial charge is 0.262 e. The molecule has 2 N–H and O–H groups in total. The van der Waals surface area contributed by atoms with Crippen LogP contribution in [0.4, 0.5) is 0 Å². The van der Waals surface area contributed by atoms with Crippen LogP contribution < -0.4 is 29.7 Å². The highest BCUT2D eigenvalue weighted by Gasteiger charge is 2.25. The molecule has 1 aliphatic heterocycles. The number of carbonyl (C=O) groups is 2. The Labute approximate surface area is 229 Å². The molecule has 4 rings (SSSR count). The van der Waals surface area contributed by atoms with E-state index in [9.17, 15) is 9.59 Å². The largest absolute Gasteiger partial charge is 0.493 e. The lowest BCUT2D eigenvalue weighted by Crippen LogP contribution is -2.48. The van der Waals surface area contributed by atoms with Crippen LogP contribution in [-0.2, 0) is 11.4 Å². The molecule has 3 aromatic rings. The minimum Gasteiger partial charge on any atom is -0.493 e. The van der Waals surface area contributed by atoms with E-state index in [0.717, 1.165) is 10.0 Å².